The molecule has 1 saturated carbocycles. The number of benzene rings is 1. The third-order valence-corrected chi connectivity index (χ3v) is 4.30. The Bertz CT molecular complexity index is 571. The van der Waals surface area contributed by atoms with Gasteiger partial charge in [-0.3, -0.25) is 9.59 Å². The molecule has 132 valence electrons. The van der Waals surface area contributed by atoms with Crippen LogP contribution >= 0.6 is 0 Å². The van der Waals surface area contributed by atoms with Gasteiger partial charge in [-0.25, -0.2) is 4.39 Å². The summed E-state index contributed by atoms with van der Waals surface area (Å²) >= 11 is 0. The molecule has 0 unspecified atom stereocenters. The molecule has 1 aliphatic rings. The number of halogens is 1. The van der Waals surface area contributed by atoms with Crippen molar-refractivity contribution in [3.8, 4) is 0 Å². The molecular formula is C18H25FN2O3. The molecule has 3 N–H and O–H groups in total. The van der Waals surface area contributed by atoms with Gasteiger partial charge in [0.2, 0.25) is 11.8 Å². The third kappa shape index (κ3) is 6.28. The fraction of sp³-hybridized carbons (Fsp3) is 0.556. The zero-order valence-electron chi connectivity index (χ0n) is 13.8. The van der Waals surface area contributed by atoms with E-state index in [1.807, 2.05) is 0 Å². The molecular weight excluding hydrogens is 311 g/mol. The van der Waals surface area contributed by atoms with Crippen molar-refractivity contribution in [2.45, 2.75) is 50.5 Å². The second-order valence-electron chi connectivity index (χ2n) is 6.47. The number of aliphatic hydroxyl groups is 1. The van der Waals surface area contributed by atoms with E-state index in [1.54, 1.807) is 12.1 Å². The summed E-state index contributed by atoms with van der Waals surface area (Å²) in [6, 6.07) is 5.91. The van der Waals surface area contributed by atoms with E-state index in [4.69, 9.17) is 0 Å². The van der Waals surface area contributed by atoms with Crippen LogP contribution in [0.3, 0.4) is 0 Å². The average molecular weight is 336 g/mol. The minimum absolute atomic E-state index is 0.103. The predicted octanol–water partition coefficient (Wildman–Crippen LogP) is 1.69. The first-order chi connectivity index (χ1) is 11.5. The molecule has 0 bridgehead atoms. The molecule has 0 spiro atoms. The van der Waals surface area contributed by atoms with Crippen LogP contribution in [-0.4, -0.2) is 35.6 Å². The number of rotatable bonds is 7. The Kier molecular flexibility index (Phi) is 6.73. The maximum Gasteiger partial charge on any atom is 0.224 e. The van der Waals surface area contributed by atoms with Crippen molar-refractivity contribution >= 4 is 11.8 Å². The van der Waals surface area contributed by atoms with E-state index in [0.717, 1.165) is 19.3 Å². The van der Waals surface area contributed by atoms with E-state index in [2.05, 4.69) is 10.6 Å². The monoisotopic (exact) mass is 336 g/mol. The average Bonchev–Trinajstić information content (AvgIpc) is 2.52. The number of amides is 2. The van der Waals surface area contributed by atoms with Gasteiger partial charge in [-0.2, -0.15) is 0 Å². The molecule has 6 heteroatoms. The smallest absolute Gasteiger partial charge is 0.224 e. The van der Waals surface area contributed by atoms with Crippen LogP contribution in [0.15, 0.2) is 24.3 Å². The summed E-state index contributed by atoms with van der Waals surface area (Å²) in [4.78, 5) is 23.6. The zero-order chi connectivity index (χ0) is 17.4. The van der Waals surface area contributed by atoms with Crippen LogP contribution in [0.25, 0.3) is 0 Å². The van der Waals surface area contributed by atoms with E-state index >= 15 is 0 Å². The molecule has 0 aromatic heterocycles. The number of nitrogens with one attached hydrogen (secondary N) is 2. The molecule has 0 radical (unpaired) electrons. The van der Waals surface area contributed by atoms with Crippen molar-refractivity contribution in [1.82, 2.24) is 10.6 Å². The Morgan fingerprint density at radius 1 is 1.08 bits per heavy atom. The highest BCUT2D eigenvalue weighted by Gasteiger charge is 2.31. The topological polar surface area (TPSA) is 78.4 Å². The molecule has 2 amide bonds. The van der Waals surface area contributed by atoms with Crippen molar-refractivity contribution < 1.29 is 19.1 Å². The molecule has 2 rings (SSSR count). The minimum Gasteiger partial charge on any atom is -0.389 e. The van der Waals surface area contributed by atoms with Crippen molar-refractivity contribution in [3.63, 3.8) is 0 Å². The van der Waals surface area contributed by atoms with Gasteiger partial charge in [-0.05, 0) is 30.5 Å². The number of carbonyl (C=O) groups excluding carboxylic acids is 2. The Hall–Kier alpha value is -1.95. The fourth-order valence-electron chi connectivity index (χ4n) is 3.05. The largest absolute Gasteiger partial charge is 0.389 e. The second kappa shape index (κ2) is 8.78. The lowest BCUT2D eigenvalue weighted by molar-refractivity contribution is -0.127. The van der Waals surface area contributed by atoms with E-state index in [1.165, 1.54) is 12.1 Å². The summed E-state index contributed by atoms with van der Waals surface area (Å²) in [7, 11) is 0. The van der Waals surface area contributed by atoms with Gasteiger partial charge in [-0.15, -0.1) is 0 Å². The second-order valence-corrected chi connectivity index (χ2v) is 6.47. The normalized spacial score (nSPS) is 16.4. The van der Waals surface area contributed by atoms with Gasteiger partial charge in [0.1, 0.15) is 5.82 Å². The summed E-state index contributed by atoms with van der Waals surface area (Å²) in [5, 5.41) is 15.7. The molecule has 0 saturated heterocycles. The Morgan fingerprint density at radius 2 is 1.75 bits per heavy atom. The number of hydrogen-bond donors (Lipinski definition) is 3. The quantitative estimate of drug-likeness (QED) is 0.663. The van der Waals surface area contributed by atoms with Crippen LogP contribution in [0.4, 0.5) is 4.39 Å². The first kappa shape index (κ1) is 18.4. The lowest BCUT2D eigenvalue weighted by atomic mass is 9.82. The van der Waals surface area contributed by atoms with Crippen LogP contribution in [0.5, 0.6) is 0 Å². The standard InChI is InChI=1S/C18H25FN2O3/c19-15-6-4-5-14(11-15)12-16(22)20-9-10-21-17(23)13-18(24)7-2-1-3-8-18/h4-6,11,24H,1-3,7-10,12-13H2,(H,20,22)(H,21,23). The molecule has 1 aliphatic carbocycles. The molecule has 0 heterocycles. The Balaban J connectivity index is 1.61. The lowest BCUT2D eigenvalue weighted by Crippen LogP contribution is -2.41. The van der Waals surface area contributed by atoms with Gasteiger partial charge in [0.05, 0.1) is 18.4 Å². The molecule has 1 fully saturated rings. The van der Waals surface area contributed by atoms with Crippen LogP contribution in [0.1, 0.15) is 44.1 Å². The fourth-order valence-corrected chi connectivity index (χ4v) is 3.05. The molecule has 0 aliphatic heterocycles. The van der Waals surface area contributed by atoms with E-state index in [9.17, 15) is 19.1 Å². The highest BCUT2D eigenvalue weighted by atomic mass is 19.1. The van der Waals surface area contributed by atoms with Crippen molar-refractivity contribution in [3.05, 3.63) is 35.6 Å². The van der Waals surface area contributed by atoms with Gasteiger partial charge in [-0.1, -0.05) is 31.4 Å². The Morgan fingerprint density at radius 3 is 2.42 bits per heavy atom. The van der Waals surface area contributed by atoms with Gasteiger partial charge in [0.15, 0.2) is 0 Å². The third-order valence-electron chi connectivity index (χ3n) is 4.30. The predicted molar refractivity (Wildman–Crippen MR) is 88.8 cm³/mol. The van der Waals surface area contributed by atoms with E-state index in [-0.39, 0.29) is 30.5 Å². The molecule has 1 aromatic rings. The molecule has 1 aromatic carbocycles. The first-order valence-electron chi connectivity index (χ1n) is 8.47. The maximum absolute atomic E-state index is 13.0. The first-order valence-corrected chi connectivity index (χ1v) is 8.47. The number of carbonyl (C=O) groups is 2. The van der Waals surface area contributed by atoms with Crippen LogP contribution in [0, 0.1) is 5.82 Å². The summed E-state index contributed by atoms with van der Waals surface area (Å²) in [5.41, 5.74) is -0.265. The molecule has 0 atom stereocenters. The highest BCUT2D eigenvalue weighted by molar-refractivity contribution is 5.79. The lowest BCUT2D eigenvalue weighted by Gasteiger charge is -2.31. The Labute approximate surface area is 141 Å². The summed E-state index contributed by atoms with van der Waals surface area (Å²) in [6.45, 7) is 0.613. The maximum atomic E-state index is 13.0. The number of hydrogen-bond acceptors (Lipinski definition) is 3. The van der Waals surface area contributed by atoms with Gasteiger partial charge >= 0.3 is 0 Å². The van der Waals surface area contributed by atoms with Gasteiger partial charge in [0.25, 0.3) is 0 Å². The van der Waals surface area contributed by atoms with Gasteiger partial charge in [0, 0.05) is 13.1 Å². The summed E-state index contributed by atoms with van der Waals surface area (Å²) < 4.78 is 13.0. The van der Waals surface area contributed by atoms with Crippen molar-refractivity contribution in [2.75, 3.05) is 13.1 Å². The van der Waals surface area contributed by atoms with E-state index < -0.39 is 5.60 Å². The van der Waals surface area contributed by atoms with Crippen molar-refractivity contribution in [1.29, 1.82) is 0 Å². The van der Waals surface area contributed by atoms with Crippen LogP contribution in [0.2, 0.25) is 0 Å². The SMILES string of the molecule is O=C(Cc1cccc(F)c1)NCCNC(=O)CC1(O)CCCCC1. The summed E-state index contributed by atoms with van der Waals surface area (Å²) in [6.07, 6.45) is 4.59. The highest BCUT2D eigenvalue weighted by Crippen LogP contribution is 2.30. The minimum atomic E-state index is -0.872. The van der Waals surface area contributed by atoms with E-state index in [0.29, 0.717) is 31.5 Å². The van der Waals surface area contributed by atoms with Crippen LogP contribution in [-0.2, 0) is 16.0 Å². The molecule has 5 nitrogen and oxygen atoms in total. The zero-order valence-corrected chi connectivity index (χ0v) is 13.8. The van der Waals surface area contributed by atoms with Crippen molar-refractivity contribution in [2.24, 2.45) is 0 Å². The van der Waals surface area contributed by atoms with Crippen LogP contribution < -0.4 is 10.6 Å². The summed E-state index contributed by atoms with van der Waals surface area (Å²) in [5.74, 6) is -0.784. The molecule has 24 heavy (non-hydrogen) atoms. The van der Waals surface area contributed by atoms with Gasteiger partial charge < -0.3 is 15.7 Å².